The van der Waals surface area contributed by atoms with Crippen molar-refractivity contribution in [3.8, 4) is 17.4 Å². The topological polar surface area (TPSA) is 102 Å². The lowest BCUT2D eigenvalue weighted by molar-refractivity contribution is -0.116. The minimum atomic E-state index is -0.534. The molecule has 2 N–H and O–H groups in total. The fourth-order valence-corrected chi connectivity index (χ4v) is 4.79. The highest BCUT2D eigenvalue weighted by Crippen LogP contribution is 2.41. The lowest BCUT2D eigenvalue weighted by atomic mass is 9.90. The van der Waals surface area contributed by atoms with E-state index in [4.69, 9.17) is 9.47 Å². The Balaban J connectivity index is 1.50. The lowest BCUT2D eigenvalue weighted by Crippen LogP contribution is -2.22. The van der Waals surface area contributed by atoms with Crippen molar-refractivity contribution < 1.29 is 19.4 Å². The lowest BCUT2D eigenvalue weighted by Gasteiger charge is -2.18. The number of nitrogens with one attached hydrogen (secondary N) is 1. The predicted molar refractivity (Wildman–Crippen MR) is 151 cm³/mol. The first kappa shape index (κ1) is 25.5. The Morgan fingerprint density at radius 2 is 1.46 bits per heavy atom. The monoisotopic (exact) mass is 521 g/mol. The van der Waals surface area contributed by atoms with E-state index < -0.39 is 5.92 Å². The molecule has 0 radical (unpaired) electrons. The third-order valence-electron chi connectivity index (χ3n) is 6.65. The Morgan fingerprint density at radius 3 is 2.00 bits per heavy atom. The van der Waals surface area contributed by atoms with Gasteiger partial charge in [-0.2, -0.15) is 0 Å². The van der Waals surface area contributed by atoms with Crippen LogP contribution in [0.25, 0.3) is 10.9 Å². The molecule has 196 valence electrons. The minimum absolute atomic E-state index is 0.0985. The van der Waals surface area contributed by atoms with Gasteiger partial charge in [-0.3, -0.25) is 4.79 Å². The quantitative estimate of drug-likeness (QED) is 0.213. The highest BCUT2D eigenvalue weighted by Gasteiger charge is 2.24. The average molecular weight is 522 g/mol. The first-order chi connectivity index (χ1) is 19.0. The van der Waals surface area contributed by atoms with Crippen molar-refractivity contribution in [3.63, 3.8) is 0 Å². The van der Waals surface area contributed by atoms with Crippen molar-refractivity contribution in [3.05, 3.63) is 119 Å². The second-order valence-electron chi connectivity index (χ2n) is 9.05. The molecule has 5 aromatic rings. The largest absolute Gasteiger partial charge is 0.497 e. The van der Waals surface area contributed by atoms with Gasteiger partial charge in [0.15, 0.2) is 5.69 Å². The maximum Gasteiger partial charge on any atom is 0.236 e. The van der Waals surface area contributed by atoms with Crippen LogP contribution in [-0.2, 0) is 11.3 Å². The molecule has 0 atom stereocenters. The molecule has 8 heteroatoms. The summed E-state index contributed by atoms with van der Waals surface area (Å²) in [6.45, 7) is 0.237. The first-order valence-corrected chi connectivity index (χ1v) is 12.3. The molecule has 0 saturated carbocycles. The zero-order valence-electron chi connectivity index (χ0n) is 21.5. The van der Waals surface area contributed by atoms with Crippen LogP contribution < -0.4 is 14.8 Å². The Morgan fingerprint density at radius 1 is 0.872 bits per heavy atom. The summed E-state index contributed by atoms with van der Waals surface area (Å²) in [4.78, 5) is 25.3. The van der Waals surface area contributed by atoms with E-state index >= 15 is 0 Å². The van der Waals surface area contributed by atoms with Gasteiger partial charge in [0.1, 0.15) is 11.5 Å². The van der Waals surface area contributed by atoms with Gasteiger partial charge in [0.05, 0.1) is 32.2 Å². The molecular weight excluding hydrogens is 494 g/mol. The summed E-state index contributed by atoms with van der Waals surface area (Å²) in [7, 11) is 3.12. The Labute approximate surface area is 225 Å². The Hall–Kier alpha value is -5.11. The van der Waals surface area contributed by atoms with Crippen LogP contribution in [0.5, 0.6) is 17.4 Å². The molecule has 0 aliphatic carbocycles. The minimum Gasteiger partial charge on any atom is -0.497 e. The van der Waals surface area contributed by atoms with Crippen molar-refractivity contribution in [1.82, 2.24) is 4.57 Å². The first-order valence-electron chi connectivity index (χ1n) is 12.3. The summed E-state index contributed by atoms with van der Waals surface area (Å²) < 4.78 is 12.3. The van der Waals surface area contributed by atoms with Crippen LogP contribution in [0.4, 0.5) is 11.4 Å². The molecule has 39 heavy (non-hydrogen) atoms. The molecule has 0 saturated heterocycles. The highest BCUT2D eigenvalue weighted by atomic mass is 16.5. The number of methoxy groups -OCH3 is 2. The Bertz CT molecular complexity index is 1570. The van der Waals surface area contributed by atoms with Crippen molar-refractivity contribution in [1.29, 1.82) is 0 Å². The summed E-state index contributed by atoms with van der Waals surface area (Å²) in [5, 5.41) is 17.4. The van der Waals surface area contributed by atoms with Crippen molar-refractivity contribution in [2.24, 2.45) is 5.18 Å². The molecule has 4 aromatic carbocycles. The number of amides is 1. The number of hydrogen-bond donors (Lipinski definition) is 2. The van der Waals surface area contributed by atoms with Gasteiger partial charge in [-0.15, -0.1) is 4.91 Å². The van der Waals surface area contributed by atoms with Crippen molar-refractivity contribution in [2.45, 2.75) is 12.5 Å². The van der Waals surface area contributed by atoms with Gasteiger partial charge in [0, 0.05) is 17.1 Å². The van der Waals surface area contributed by atoms with E-state index in [9.17, 15) is 14.8 Å². The number of benzene rings is 4. The SMILES string of the molecule is COc1cc(Cn2c(O)c(N=O)c3cc(NC(=O)C(c4ccccc4)c4ccccc4)ccc32)cc(OC)c1. The van der Waals surface area contributed by atoms with E-state index in [1.165, 1.54) is 0 Å². The fourth-order valence-electron chi connectivity index (χ4n) is 4.79. The van der Waals surface area contributed by atoms with Gasteiger partial charge in [-0.05, 0) is 52.2 Å². The molecule has 1 heterocycles. The summed E-state index contributed by atoms with van der Waals surface area (Å²) in [6.07, 6.45) is 0. The molecule has 1 amide bonds. The molecule has 0 unspecified atom stereocenters. The van der Waals surface area contributed by atoms with E-state index in [1.807, 2.05) is 72.8 Å². The highest BCUT2D eigenvalue weighted by molar-refractivity contribution is 6.02. The number of carbonyl (C=O) groups is 1. The van der Waals surface area contributed by atoms with Gasteiger partial charge >= 0.3 is 0 Å². The third kappa shape index (κ3) is 5.17. The number of fused-ring (bicyclic) bond motifs is 1. The number of ether oxygens (including phenoxy) is 2. The number of rotatable bonds is 9. The van der Waals surface area contributed by atoms with Crippen LogP contribution >= 0.6 is 0 Å². The molecule has 0 aliphatic heterocycles. The van der Waals surface area contributed by atoms with Crippen LogP contribution in [0, 0.1) is 4.91 Å². The smallest absolute Gasteiger partial charge is 0.236 e. The van der Waals surface area contributed by atoms with Crippen molar-refractivity contribution in [2.75, 3.05) is 19.5 Å². The number of aromatic hydroxyl groups is 1. The summed E-state index contributed by atoms with van der Waals surface area (Å²) in [5.74, 6) is 0.180. The second-order valence-corrected chi connectivity index (χ2v) is 9.05. The maximum atomic E-state index is 13.6. The normalized spacial score (nSPS) is 10.9. The van der Waals surface area contributed by atoms with Gasteiger partial charge < -0.3 is 24.5 Å². The zero-order valence-corrected chi connectivity index (χ0v) is 21.5. The summed E-state index contributed by atoms with van der Waals surface area (Å²) in [5.41, 5.74) is 3.48. The van der Waals surface area contributed by atoms with Gasteiger partial charge in [0.2, 0.25) is 11.8 Å². The van der Waals surface area contributed by atoms with Gasteiger partial charge in [-0.25, -0.2) is 0 Å². The van der Waals surface area contributed by atoms with Crippen molar-refractivity contribution >= 4 is 28.2 Å². The van der Waals surface area contributed by atoms with E-state index in [1.54, 1.807) is 43.1 Å². The zero-order chi connectivity index (χ0) is 27.4. The molecule has 8 nitrogen and oxygen atoms in total. The van der Waals surface area contributed by atoms with Crippen LogP contribution in [0.15, 0.2) is 102 Å². The maximum absolute atomic E-state index is 13.6. The molecule has 1 aromatic heterocycles. The number of anilines is 1. The third-order valence-corrected chi connectivity index (χ3v) is 6.65. The number of nitroso groups, excluding NO2 is 1. The van der Waals surface area contributed by atoms with Gasteiger partial charge in [-0.1, -0.05) is 60.7 Å². The summed E-state index contributed by atoms with van der Waals surface area (Å²) in [6, 6.07) is 29.6. The van der Waals surface area contributed by atoms with E-state index in [0.29, 0.717) is 28.1 Å². The van der Waals surface area contributed by atoms with Crippen LogP contribution in [-0.4, -0.2) is 29.8 Å². The molecule has 0 aliphatic rings. The molecular formula is C31H27N3O5. The van der Waals surface area contributed by atoms with Crippen LogP contribution in [0.2, 0.25) is 0 Å². The number of aromatic nitrogens is 1. The predicted octanol–water partition coefficient (Wildman–Crippen LogP) is 6.58. The molecule has 0 fully saturated rings. The molecule has 0 bridgehead atoms. The standard InChI is InChI=1S/C31H27N3O5/c1-38-24-15-20(16-25(18-24)39-2)19-34-27-14-13-23(17-26(27)29(33-37)31(34)36)32-30(35)28(21-9-5-3-6-10-21)22-11-7-4-8-12-22/h3-18,28,36H,19H2,1-2H3,(H,32,35). The van der Waals surface area contributed by atoms with E-state index in [0.717, 1.165) is 16.7 Å². The van der Waals surface area contributed by atoms with Gasteiger partial charge in [0.25, 0.3) is 0 Å². The van der Waals surface area contributed by atoms with E-state index in [2.05, 4.69) is 10.5 Å². The number of nitrogens with zero attached hydrogens (tertiary/aromatic N) is 2. The Kier molecular flexibility index (Phi) is 7.27. The van der Waals surface area contributed by atoms with Crippen LogP contribution in [0.1, 0.15) is 22.6 Å². The van der Waals surface area contributed by atoms with Crippen LogP contribution in [0.3, 0.4) is 0 Å². The fraction of sp³-hybridized carbons (Fsp3) is 0.129. The second kappa shape index (κ2) is 11.1. The average Bonchev–Trinajstić information content (AvgIpc) is 3.23. The molecule has 5 rings (SSSR count). The summed E-state index contributed by atoms with van der Waals surface area (Å²) >= 11 is 0. The number of carbonyl (C=O) groups excluding carboxylic acids is 1. The van der Waals surface area contributed by atoms with E-state index in [-0.39, 0.29) is 24.0 Å². The molecule has 0 spiro atoms. The number of hydrogen-bond acceptors (Lipinski definition) is 6.